The number of nitrogens with one attached hydrogen (secondary N) is 1. The van der Waals surface area contributed by atoms with Crippen LogP contribution in [0.3, 0.4) is 0 Å². The Hall–Kier alpha value is -2.51. The van der Waals surface area contributed by atoms with Gasteiger partial charge in [0, 0.05) is 6.42 Å². The maximum atomic E-state index is 13.3. The quantitative estimate of drug-likeness (QED) is 0.0220. The van der Waals surface area contributed by atoms with Crippen molar-refractivity contribution >= 4 is 5.91 Å². The van der Waals surface area contributed by atoms with Crippen LogP contribution in [0.1, 0.15) is 206 Å². The van der Waals surface area contributed by atoms with Crippen LogP contribution in [0.4, 0.5) is 0 Å². The van der Waals surface area contributed by atoms with E-state index < -0.39 is 124 Å². The predicted octanol–water partition coefficient (Wildman–Crippen LogP) is 6.82. The first-order valence-electron chi connectivity index (χ1n) is 32.0. The van der Waals surface area contributed by atoms with E-state index in [4.69, 9.17) is 28.4 Å². The molecule has 0 aliphatic carbocycles. The first-order chi connectivity index (χ1) is 40.3. The van der Waals surface area contributed by atoms with Crippen molar-refractivity contribution in [2.24, 2.45) is 0 Å². The molecule has 0 aromatic carbocycles. The zero-order valence-electron chi connectivity index (χ0n) is 50.4. The molecule has 0 spiro atoms. The summed E-state index contributed by atoms with van der Waals surface area (Å²) in [5.41, 5.74) is 0. The Morgan fingerprint density at radius 3 is 1.35 bits per heavy atom. The lowest BCUT2D eigenvalue weighted by atomic mass is 9.96. The van der Waals surface area contributed by atoms with Gasteiger partial charge in [0.05, 0.1) is 38.6 Å². The van der Waals surface area contributed by atoms with E-state index >= 15 is 0 Å². The summed E-state index contributed by atoms with van der Waals surface area (Å²) in [6.07, 6.45) is 27.7. The van der Waals surface area contributed by atoms with Gasteiger partial charge in [-0.3, -0.25) is 4.79 Å². The van der Waals surface area contributed by atoms with Gasteiger partial charge in [0.2, 0.25) is 5.91 Å². The number of aliphatic hydroxyl groups is 11. The van der Waals surface area contributed by atoms with Gasteiger partial charge in [-0.15, -0.1) is 0 Å². The number of carbonyl (C=O) groups excluding carboxylic acids is 1. The molecule has 0 saturated carbocycles. The van der Waals surface area contributed by atoms with Gasteiger partial charge < -0.3 is 89.9 Å². The SMILES string of the molecule is CC/C=C\C/C=C\C/C=C\CCCCCCCCCC(=O)NC(COC1OC(CO)C(OC2OC(CO)C(OC3OC(CO)C(O)C(O)C3O)C(O)C2O)C(O)C1O)C(O)/C=C/CC/C=C/CCCCCCCCCCCCCCCCC. The summed E-state index contributed by atoms with van der Waals surface area (Å²) < 4.78 is 34.3. The van der Waals surface area contributed by atoms with Crippen LogP contribution in [0, 0.1) is 0 Å². The average molecular weight is 1180 g/mol. The molecule has 0 aromatic rings. The lowest BCUT2D eigenvalue weighted by molar-refractivity contribution is -0.379. The highest BCUT2D eigenvalue weighted by molar-refractivity contribution is 5.76. The molecule has 12 N–H and O–H groups in total. The van der Waals surface area contributed by atoms with E-state index in [-0.39, 0.29) is 18.9 Å². The maximum absolute atomic E-state index is 13.3. The van der Waals surface area contributed by atoms with E-state index in [1.54, 1.807) is 6.08 Å². The first-order valence-corrected chi connectivity index (χ1v) is 32.0. The molecule has 3 aliphatic heterocycles. The number of amides is 1. The van der Waals surface area contributed by atoms with Crippen molar-refractivity contribution in [1.82, 2.24) is 5.32 Å². The van der Waals surface area contributed by atoms with Crippen molar-refractivity contribution in [2.45, 2.75) is 311 Å². The van der Waals surface area contributed by atoms with Gasteiger partial charge in [-0.25, -0.2) is 0 Å². The third-order valence-electron chi connectivity index (χ3n) is 15.8. The fourth-order valence-corrected chi connectivity index (χ4v) is 10.6. The standard InChI is InChI=1S/C64H113NO18/c1-3-5-7-9-11-13-15-17-19-21-22-23-24-26-27-29-31-33-35-37-39-41-48(69)47(65-52(70)42-40-38-36-34-32-30-28-25-20-18-16-14-12-10-8-6-4-2)46-78-62-58(76)55(73)60(50(44-67)80-62)83-64-59(77)56(74)61(51(45-68)81-64)82-63-57(75)54(72)53(71)49(43-66)79-63/h6,8,12,14,18,20,31,33,39,41,47-51,53-64,66-69,71-77H,3-5,7,9-11,13,15-17,19,21-30,32,34-38,40,42-46H2,1-2H3,(H,65,70)/b8-6-,14-12-,20-18-,33-31+,41-39+. The Bertz CT molecular complexity index is 1750. The van der Waals surface area contributed by atoms with Gasteiger partial charge in [0.25, 0.3) is 0 Å². The Labute approximate surface area is 496 Å². The lowest BCUT2D eigenvalue weighted by Gasteiger charge is -2.48. The van der Waals surface area contributed by atoms with Crippen molar-refractivity contribution in [2.75, 3.05) is 26.4 Å². The molecule has 17 unspecified atom stereocenters. The third kappa shape index (κ3) is 29.8. The highest BCUT2D eigenvalue weighted by Crippen LogP contribution is 2.33. The van der Waals surface area contributed by atoms with Crippen molar-refractivity contribution in [3.8, 4) is 0 Å². The molecule has 19 heteroatoms. The number of ether oxygens (including phenoxy) is 6. The average Bonchev–Trinajstić information content (AvgIpc) is 3.35. The van der Waals surface area contributed by atoms with Crippen molar-refractivity contribution in [3.05, 3.63) is 60.8 Å². The summed E-state index contributed by atoms with van der Waals surface area (Å²) in [7, 11) is 0. The number of allylic oxidation sites excluding steroid dienone is 9. The topological polar surface area (TPSA) is 307 Å². The smallest absolute Gasteiger partial charge is 0.220 e. The van der Waals surface area contributed by atoms with Gasteiger partial charge in [-0.2, -0.15) is 0 Å². The highest BCUT2D eigenvalue weighted by Gasteiger charge is 2.53. The van der Waals surface area contributed by atoms with Crippen LogP contribution < -0.4 is 5.32 Å². The number of aliphatic hydroxyl groups excluding tert-OH is 11. The Morgan fingerprint density at radius 1 is 0.446 bits per heavy atom. The molecule has 3 aliphatic rings. The molecule has 3 fully saturated rings. The zero-order chi connectivity index (χ0) is 60.5. The van der Waals surface area contributed by atoms with Crippen LogP contribution in [-0.2, 0) is 33.2 Å². The molecule has 1 amide bonds. The fourth-order valence-electron chi connectivity index (χ4n) is 10.6. The van der Waals surface area contributed by atoms with E-state index in [1.165, 1.54) is 89.9 Å². The van der Waals surface area contributed by atoms with Gasteiger partial charge in [0.15, 0.2) is 18.9 Å². The summed E-state index contributed by atoms with van der Waals surface area (Å²) in [5.74, 6) is -0.297. The molecule has 3 rings (SSSR count). The van der Waals surface area contributed by atoms with Crippen molar-refractivity contribution < 1.29 is 89.4 Å². The van der Waals surface area contributed by atoms with E-state index in [9.17, 15) is 61.0 Å². The molecule has 19 nitrogen and oxygen atoms in total. The van der Waals surface area contributed by atoms with Gasteiger partial charge in [0.1, 0.15) is 73.2 Å². The van der Waals surface area contributed by atoms with Crippen LogP contribution >= 0.6 is 0 Å². The summed E-state index contributed by atoms with van der Waals surface area (Å²) in [6, 6.07) is -0.997. The van der Waals surface area contributed by atoms with Gasteiger partial charge >= 0.3 is 0 Å². The molecule has 17 atom stereocenters. The largest absolute Gasteiger partial charge is 0.394 e. The normalized spacial score (nSPS) is 29.8. The Balaban J connectivity index is 1.50. The van der Waals surface area contributed by atoms with Crippen LogP contribution in [0.15, 0.2) is 60.8 Å². The van der Waals surface area contributed by atoms with Crippen LogP contribution in [0.5, 0.6) is 0 Å². The molecule has 3 heterocycles. The summed E-state index contributed by atoms with van der Waals surface area (Å²) in [4.78, 5) is 13.3. The van der Waals surface area contributed by atoms with Crippen LogP contribution in [0.25, 0.3) is 0 Å². The van der Waals surface area contributed by atoms with Crippen LogP contribution in [0.2, 0.25) is 0 Å². The molecule has 0 aromatic heterocycles. The van der Waals surface area contributed by atoms with Crippen molar-refractivity contribution in [3.63, 3.8) is 0 Å². The number of hydrogen-bond donors (Lipinski definition) is 12. The summed E-state index contributed by atoms with van der Waals surface area (Å²) in [6.45, 7) is 1.59. The minimum absolute atomic E-state index is 0.222. The molecule has 83 heavy (non-hydrogen) atoms. The summed E-state index contributed by atoms with van der Waals surface area (Å²) in [5, 5.41) is 120. The number of hydrogen-bond acceptors (Lipinski definition) is 18. The molecule has 3 saturated heterocycles. The molecule has 0 radical (unpaired) electrons. The maximum Gasteiger partial charge on any atom is 0.220 e. The Kier molecular flexibility index (Phi) is 42.0. The monoisotopic (exact) mass is 1180 g/mol. The second kappa shape index (κ2) is 46.6. The molecular weight excluding hydrogens is 1070 g/mol. The van der Waals surface area contributed by atoms with E-state index in [0.717, 1.165) is 83.5 Å². The second-order valence-corrected chi connectivity index (χ2v) is 22.8. The minimum atomic E-state index is -1.98. The van der Waals surface area contributed by atoms with Crippen LogP contribution in [-0.4, -0.2) is 193 Å². The number of carbonyl (C=O) groups is 1. The van der Waals surface area contributed by atoms with E-state index in [2.05, 4.69) is 67.8 Å². The molecule has 482 valence electrons. The fraction of sp³-hybridized carbons (Fsp3) is 0.828. The lowest BCUT2D eigenvalue weighted by Crippen LogP contribution is -2.66. The highest BCUT2D eigenvalue weighted by atomic mass is 16.8. The summed E-state index contributed by atoms with van der Waals surface area (Å²) >= 11 is 0. The molecular formula is C64H113NO18. The predicted molar refractivity (Wildman–Crippen MR) is 318 cm³/mol. The Morgan fingerprint density at radius 2 is 0.843 bits per heavy atom. The number of rotatable bonds is 47. The first kappa shape index (κ1) is 74.7. The number of unbranched alkanes of at least 4 members (excludes halogenated alkanes) is 23. The third-order valence-corrected chi connectivity index (χ3v) is 15.8. The second-order valence-electron chi connectivity index (χ2n) is 22.8. The van der Waals surface area contributed by atoms with Crippen molar-refractivity contribution in [1.29, 1.82) is 0 Å². The van der Waals surface area contributed by atoms with Gasteiger partial charge in [-0.05, 0) is 64.2 Å². The van der Waals surface area contributed by atoms with E-state index in [1.807, 2.05) is 6.08 Å². The minimum Gasteiger partial charge on any atom is -0.394 e. The molecule has 0 bridgehead atoms. The zero-order valence-corrected chi connectivity index (χ0v) is 50.4. The van der Waals surface area contributed by atoms with E-state index in [0.29, 0.717) is 12.8 Å². The van der Waals surface area contributed by atoms with Gasteiger partial charge in [-0.1, -0.05) is 197 Å².